The van der Waals surface area contributed by atoms with E-state index in [4.69, 9.17) is 16.3 Å². The highest BCUT2D eigenvalue weighted by molar-refractivity contribution is 6.30. The van der Waals surface area contributed by atoms with Crippen LogP contribution in [-0.4, -0.2) is 23.6 Å². The van der Waals surface area contributed by atoms with Crippen LogP contribution in [-0.2, 0) is 6.18 Å². The van der Waals surface area contributed by atoms with E-state index in [-0.39, 0.29) is 5.95 Å². The van der Waals surface area contributed by atoms with Crippen molar-refractivity contribution >= 4 is 23.2 Å². The van der Waals surface area contributed by atoms with Gasteiger partial charge in [0.1, 0.15) is 5.56 Å². The number of alkyl halides is 3. The second-order valence-electron chi connectivity index (χ2n) is 4.31. The number of halogens is 4. The van der Waals surface area contributed by atoms with Crippen LogP contribution in [0.5, 0.6) is 5.88 Å². The average molecular weight is 332 g/mol. The van der Waals surface area contributed by atoms with E-state index in [0.29, 0.717) is 17.3 Å². The molecule has 0 radical (unpaired) electrons. The van der Waals surface area contributed by atoms with Crippen molar-refractivity contribution in [1.82, 2.24) is 9.97 Å². The van der Waals surface area contributed by atoms with Crippen LogP contribution in [0.3, 0.4) is 0 Å². The Hall–Kier alpha value is -2.02. The molecular weight excluding hydrogens is 319 g/mol. The number of methoxy groups -OCH3 is 1. The molecule has 2 aromatic rings. The summed E-state index contributed by atoms with van der Waals surface area (Å²) in [5, 5.41) is 0.561. The van der Waals surface area contributed by atoms with E-state index in [1.807, 2.05) is 6.92 Å². The van der Waals surface area contributed by atoms with Gasteiger partial charge in [-0.2, -0.15) is 18.2 Å². The summed E-state index contributed by atoms with van der Waals surface area (Å²) in [6, 6.07) is 6.83. The van der Waals surface area contributed by atoms with E-state index in [2.05, 4.69) is 9.97 Å². The van der Waals surface area contributed by atoms with Crippen molar-refractivity contribution in [2.45, 2.75) is 13.1 Å². The van der Waals surface area contributed by atoms with E-state index in [0.717, 1.165) is 13.3 Å². The van der Waals surface area contributed by atoms with Crippen molar-refractivity contribution in [3.8, 4) is 5.88 Å². The van der Waals surface area contributed by atoms with Crippen LogP contribution in [0.25, 0.3) is 0 Å². The van der Waals surface area contributed by atoms with Crippen molar-refractivity contribution in [3.63, 3.8) is 0 Å². The molecule has 0 aliphatic rings. The molecule has 2 rings (SSSR count). The van der Waals surface area contributed by atoms with Gasteiger partial charge in [0.15, 0.2) is 0 Å². The molecule has 0 saturated carbocycles. The van der Waals surface area contributed by atoms with Crippen molar-refractivity contribution in [2.75, 3.05) is 18.6 Å². The standard InChI is InChI=1S/C14H13ClF3N3O/c1-3-21(10-6-4-9(15)5-7-10)13-19-8-11(14(16,17)18)12(20-13)22-2/h4-8H,3H2,1-2H3. The van der Waals surface area contributed by atoms with Gasteiger partial charge < -0.3 is 9.64 Å². The van der Waals surface area contributed by atoms with Crippen molar-refractivity contribution in [1.29, 1.82) is 0 Å². The van der Waals surface area contributed by atoms with Crippen LogP contribution in [0.4, 0.5) is 24.8 Å². The van der Waals surface area contributed by atoms with Crippen molar-refractivity contribution in [3.05, 3.63) is 41.0 Å². The summed E-state index contributed by atoms with van der Waals surface area (Å²) in [4.78, 5) is 9.32. The molecule has 0 aliphatic carbocycles. The molecule has 0 spiro atoms. The first kappa shape index (κ1) is 16.4. The molecule has 22 heavy (non-hydrogen) atoms. The van der Waals surface area contributed by atoms with E-state index >= 15 is 0 Å². The van der Waals surface area contributed by atoms with Gasteiger partial charge >= 0.3 is 6.18 Å². The first-order valence-corrected chi connectivity index (χ1v) is 6.76. The van der Waals surface area contributed by atoms with Gasteiger partial charge in [0, 0.05) is 23.5 Å². The molecule has 0 bridgehead atoms. The van der Waals surface area contributed by atoms with Crippen LogP contribution in [0.15, 0.2) is 30.5 Å². The number of hydrogen-bond acceptors (Lipinski definition) is 4. The summed E-state index contributed by atoms with van der Waals surface area (Å²) in [6.45, 7) is 2.30. The topological polar surface area (TPSA) is 38.2 Å². The largest absolute Gasteiger partial charge is 0.480 e. The summed E-state index contributed by atoms with van der Waals surface area (Å²) in [7, 11) is 1.14. The number of aromatic nitrogens is 2. The number of ether oxygens (including phenoxy) is 1. The van der Waals surface area contributed by atoms with Gasteiger partial charge in [-0.25, -0.2) is 4.98 Å². The molecule has 0 fully saturated rings. The fourth-order valence-corrected chi connectivity index (χ4v) is 2.02. The Bertz CT molecular complexity index is 647. The third-order valence-electron chi connectivity index (χ3n) is 2.94. The van der Waals surface area contributed by atoms with Crippen LogP contribution in [0.1, 0.15) is 12.5 Å². The molecule has 118 valence electrons. The summed E-state index contributed by atoms with van der Waals surface area (Å²) in [5.74, 6) is -0.389. The molecule has 1 aromatic carbocycles. The Labute approximate surface area is 130 Å². The van der Waals surface area contributed by atoms with Gasteiger partial charge in [-0.05, 0) is 31.2 Å². The molecule has 8 heteroatoms. The molecule has 4 nitrogen and oxygen atoms in total. The maximum absolute atomic E-state index is 12.8. The van der Waals surface area contributed by atoms with E-state index in [9.17, 15) is 13.2 Å². The number of anilines is 2. The van der Waals surface area contributed by atoms with Crippen molar-refractivity contribution in [2.24, 2.45) is 0 Å². The lowest BCUT2D eigenvalue weighted by Crippen LogP contribution is -2.20. The van der Waals surface area contributed by atoms with Gasteiger partial charge in [-0.15, -0.1) is 0 Å². The predicted octanol–water partition coefficient (Wildman–Crippen LogP) is 4.32. The fraction of sp³-hybridized carbons (Fsp3) is 0.286. The molecule has 0 saturated heterocycles. The molecule has 0 unspecified atom stereocenters. The maximum atomic E-state index is 12.8. The van der Waals surface area contributed by atoms with Gasteiger partial charge in [-0.1, -0.05) is 11.6 Å². The fourth-order valence-electron chi connectivity index (χ4n) is 1.90. The third-order valence-corrected chi connectivity index (χ3v) is 3.19. The lowest BCUT2D eigenvalue weighted by molar-refractivity contribution is -0.139. The Balaban J connectivity index is 2.44. The Kier molecular flexibility index (Phi) is 4.75. The maximum Gasteiger partial charge on any atom is 0.423 e. The molecule has 0 atom stereocenters. The zero-order chi connectivity index (χ0) is 16.3. The predicted molar refractivity (Wildman–Crippen MR) is 77.7 cm³/mol. The van der Waals surface area contributed by atoms with Gasteiger partial charge in [-0.3, -0.25) is 0 Å². The second-order valence-corrected chi connectivity index (χ2v) is 4.75. The highest BCUT2D eigenvalue weighted by Gasteiger charge is 2.36. The normalized spacial score (nSPS) is 11.4. The van der Waals surface area contributed by atoms with Gasteiger partial charge in [0.05, 0.1) is 7.11 Å². The molecule has 0 aliphatic heterocycles. The highest BCUT2D eigenvalue weighted by atomic mass is 35.5. The minimum atomic E-state index is -4.57. The SMILES string of the molecule is CCN(c1ccc(Cl)cc1)c1ncc(C(F)(F)F)c(OC)n1. The Morgan fingerprint density at radius 2 is 1.86 bits per heavy atom. The number of hydrogen-bond donors (Lipinski definition) is 0. The number of nitrogens with zero attached hydrogens (tertiary/aromatic N) is 3. The monoisotopic (exact) mass is 331 g/mol. The second kappa shape index (κ2) is 6.39. The zero-order valence-corrected chi connectivity index (χ0v) is 12.6. The smallest absolute Gasteiger partial charge is 0.423 e. The summed E-state index contributed by atoms with van der Waals surface area (Å²) >= 11 is 5.83. The first-order valence-electron chi connectivity index (χ1n) is 6.38. The summed E-state index contributed by atoms with van der Waals surface area (Å²) < 4.78 is 43.2. The molecular formula is C14H13ClF3N3O. The number of rotatable bonds is 4. The minimum absolute atomic E-state index is 0.120. The highest BCUT2D eigenvalue weighted by Crippen LogP contribution is 2.36. The molecule has 1 heterocycles. The van der Waals surface area contributed by atoms with Crippen molar-refractivity contribution < 1.29 is 17.9 Å². The molecule has 0 amide bonds. The average Bonchev–Trinajstić information content (AvgIpc) is 2.48. The van der Waals surface area contributed by atoms with Crippen LogP contribution < -0.4 is 9.64 Å². The first-order chi connectivity index (χ1) is 10.4. The minimum Gasteiger partial charge on any atom is -0.480 e. The lowest BCUT2D eigenvalue weighted by Gasteiger charge is -2.22. The van der Waals surface area contributed by atoms with E-state index < -0.39 is 17.6 Å². The molecule has 1 aromatic heterocycles. The van der Waals surface area contributed by atoms with E-state index in [1.165, 1.54) is 0 Å². The van der Waals surface area contributed by atoms with Crippen LogP contribution >= 0.6 is 11.6 Å². The van der Waals surface area contributed by atoms with Crippen LogP contribution in [0.2, 0.25) is 5.02 Å². The Morgan fingerprint density at radius 3 is 2.36 bits per heavy atom. The summed E-state index contributed by atoms with van der Waals surface area (Å²) in [6.07, 6.45) is -3.85. The van der Waals surface area contributed by atoms with Gasteiger partial charge in [0.2, 0.25) is 11.8 Å². The third kappa shape index (κ3) is 3.41. The Morgan fingerprint density at radius 1 is 1.23 bits per heavy atom. The van der Waals surface area contributed by atoms with Gasteiger partial charge in [0.25, 0.3) is 0 Å². The quantitative estimate of drug-likeness (QED) is 0.836. The summed E-state index contributed by atoms with van der Waals surface area (Å²) in [5.41, 5.74) is -0.292. The molecule has 0 N–H and O–H groups in total. The zero-order valence-electron chi connectivity index (χ0n) is 11.9. The van der Waals surface area contributed by atoms with E-state index in [1.54, 1.807) is 29.2 Å². The number of benzene rings is 1. The van der Waals surface area contributed by atoms with Crippen LogP contribution in [0, 0.1) is 0 Å². The lowest BCUT2D eigenvalue weighted by atomic mass is 10.3.